The number of hydrogen-bond donors (Lipinski definition) is 2. The first-order valence-electron chi connectivity index (χ1n) is 8.34. The molecule has 0 fully saturated rings. The van der Waals surface area contributed by atoms with Crippen molar-refractivity contribution in [3.05, 3.63) is 39.8 Å². The Hall–Kier alpha value is -1.86. The number of aliphatic hydroxyl groups is 1. The molecule has 0 aromatic carbocycles. The van der Waals surface area contributed by atoms with E-state index >= 15 is 0 Å². The van der Waals surface area contributed by atoms with E-state index in [-0.39, 0.29) is 24.7 Å². The SMILES string of the molecule is C[C@@H](c1cccs1)N(C)C(=O)N[C@@H]1CCCc2c1cnn2CCO. The van der Waals surface area contributed by atoms with Crippen molar-refractivity contribution < 1.29 is 9.90 Å². The zero-order valence-corrected chi connectivity index (χ0v) is 14.9. The van der Waals surface area contributed by atoms with E-state index in [4.69, 9.17) is 5.11 Å². The van der Waals surface area contributed by atoms with E-state index in [9.17, 15) is 4.79 Å². The molecule has 2 atom stereocenters. The third kappa shape index (κ3) is 3.32. The van der Waals surface area contributed by atoms with Gasteiger partial charge in [0.25, 0.3) is 0 Å². The molecule has 7 heteroatoms. The van der Waals surface area contributed by atoms with Gasteiger partial charge in [-0.3, -0.25) is 4.68 Å². The summed E-state index contributed by atoms with van der Waals surface area (Å²) in [4.78, 5) is 15.6. The molecule has 24 heavy (non-hydrogen) atoms. The first-order valence-corrected chi connectivity index (χ1v) is 9.22. The summed E-state index contributed by atoms with van der Waals surface area (Å²) < 4.78 is 1.85. The van der Waals surface area contributed by atoms with Crippen molar-refractivity contribution in [3.63, 3.8) is 0 Å². The van der Waals surface area contributed by atoms with Crippen molar-refractivity contribution in [2.75, 3.05) is 13.7 Å². The highest BCUT2D eigenvalue weighted by molar-refractivity contribution is 7.10. The van der Waals surface area contributed by atoms with E-state index in [1.165, 1.54) is 4.88 Å². The van der Waals surface area contributed by atoms with Crippen LogP contribution in [-0.4, -0.2) is 39.5 Å². The van der Waals surface area contributed by atoms with Crippen molar-refractivity contribution >= 4 is 17.4 Å². The summed E-state index contributed by atoms with van der Waals surface area (Å²) in [5.41, 5.74) is 2.22. The van der Waals surface area contributed by atoms with Crippen molar-refractivity contribution in [2.24, 2.45) is 0 Å². The minimum absolute atomic E-state index is 0.00771. The van der Waals surface area contributed by atoms with Crippen molar-refractivity contribution in [3.8, 4) is 0 Å². The molecule has 0 aliphatic heterocycles. The molecule has 3 rings (SSSR count). The Bertz CT molecular complexity index is 683. The molecule has 0 saturated heterocycles. The van der Waals surface area contributed by atoms with Gasteiger partial charge in [0, 0.05) is 23.2 Å². The average molecular weight is 348 g/mol. The number of amides is 2. The molecule has 0 bridgehead atoms. The highest BCUT2D eigenvalue weighted by Gasteiger charge is 2.27. The number of thiophene rings is 1. The quantitative estimate of drug-likeness (QED) is 0.873. The predicted molar refractivity (Wildman–Crippen MR) is 94.0 cm³/mol. The second kappa shape index (κ2) is 7.36. The number of fused-ring (bicyclic) bond motifs is 1. The fourth-order valence-corrected chi connectivity index (χ4v) is 4.03. The lowest BCUT2D eigenvalue weighted by molar-refractivity contribution is 0.189. The van der Waals surface area contributed by atoms with Crippen molar-refractivity contribution in [1.82, 2.24) is 20.0 Å². The highest BCUT2D eigenvalue weighted by Crippen LogP contribution is 2.30. The number of aromatic nitrogens is 2. The summed E-state index contributed by atoms with van der Waals surface area (Å²) in [7, 11) is 1.83. The van der Waals surface area contributed by atoms with Crippen LogP contribution in [-0.2, 0) is 13.0 Å². The largest absolute Gasteiger partial charge is 0.394 e. The van der Waals surface area contributed by atoms with Gasteiger partial charge in [-0.1, -0.05) is 6.07 Å². The molecule has 2 aromatic heterocycles. The lowest BCUT2D eigenvalue weighted by Gasteiger charge is -2.29. The van der Waals surface area contributed by atoms with Gasteiger partial charge in [0.15, 0.2) is 0 Å². The van der Waals surface area contributed by atoms with Crippen LogP contribution in [0.1, 0.15) is 48.0 Å². The van der Waals surface area contributed by atoms with E-state index in [2.05, 4.69) is 16.5 Å². The molecule has 2 aromatic rings. The lowest BCUT2D eigenvalue weighted by Crippen LogP contribution is -2.41. The Morgan fingerprint density at radius 3 is 3.17 bits per heavy atom. The van der Waals surface area contributed by atoms with E-state index in [1.807, 2.05) is 36.3 Å². The standard InChI is InChI=1S/C17H24N4O2S/c1-12(16-7-4-10-24-16)20(2)17(23)19-14-5-3-6-15-13(14)11-18-21(15)8-9-22/h4,7,10-12,14,22H,3,5-6,8-9H2,1-2H3,(H,19,23)/t12-,14+/m0/s1. The van der Waals surface area contributed by atoms with Gasteiger partial charge in [-0.2, -0.15) is 5.10 Å². The molecule has 0 saturated carbocycles. The maximum atomic E-state index is 12.6. The molecule has 6 nitrogen and oxygen atoms in total. The van der Waals surface area contributed by atoms with Crippen LogP contribution in [0.5, 0.6) is 0 Å². The number of carbonyl (C=O) groups excluding carboxylic acids is 1. The molecule has 0 radical (unpaired) electrons. The van der Waals surface area contributed by atoms with Crippen LogP contribution in [0.15, 0.2) is 23.7 Å². The molecule has 2 amide bonds. The fourth-order valence-electron chi connectivity index (χ4n) is 3.20. The topological polar surface area (TPSA) is 70.4 Å². The number of nitrogens with zero attached hydrogens (tertiary/aromatic N) is 3. The van der Waals surface area contributed by atoms with Gasteiger partial charge in [-0.25, -0.2) is 4.79 Å². The Morgan fingerprint density at radius 1 is 1.62 bits per heavy atom. The van der Waals surface area contributed by atoms with E-state index in [1.54, 1.807) is 16.2 Å². The summed E-state index contributed by atoms with van der Waals surface area (Å²) in [5.74, 6) is 0. The third-order valence-electron chi connectivity index (χ3n) is 4.73. The van der Waals surface area contributed by atoms with Gasteiger partial charge in [0.05, 0.1) is 31.4 Å². The molecule has 1 aliphatic rings. The minimum Gasteiger partial charge on any atom is -0.394 e. The molecular formula is C17H24N4O2S. The Kier molecular flexibility index (Phi) is 5.20. The zero-order chi connectivity index (χ0) is 17.1. The maximum Gasteiger partial charge on any atom is 0.318 e. The molecule has 130 valence electrons. The Labute approximate surface area is 146 Å². The summed E-state index contributed by atoms with van der Waals surface area (Å²) in [6.45, 7) is 2.62. The summed E-state index contributed by atoms with van der Waals surface area (Å²) in [6.07, 6.45) is 4.71. The van der Waals surface area contributed by atoms with Gasteiger partial charge >= 0.3 is 6.03 Å². The number of rotatable bonds is 5. The van der Waals surface area contributed by atoms with E-state index < -0.39 is 0 Å². The lowest BCUT2D eigenvalue weighted by atomic mass is 9.93. The molecular weight excluding hydrogens is 324 g/mol. The molecule has 0 spiro atoms. The molecule has 0 unspecified atom stereocenters. The van der Waals surface area contributed by atoms with Crippen LogP contribution in [0.4, 0.5) is 4.79 Å². The van der Waals surface area contributed by atoms with Crippen LogP contribution in [0.25, 0.3) is 0 Å². The second-order valence-electron chi connectivity index (χ2n) is 6.19. The molecule has 2 heterocycles. The number of nitrogens with one attached hydrogen (secondary N) is 1. The number of carbonyl (C=O) groups is 1. The predicted octanol–water partition coefficient (Wildman–Crippen LogP) is 2.72. The number of aliphatic hydroxyl groups excluding tert-OH is 1. The van der Waals surface area contributed by atoms with Crippen LogP contribution < -0.4 is 5.32 Å². The Balaban J connectivity index is 1.69. The fraction of sp³-hybridized carbons (Fsp3) is 0.529. The maximum absolute atomic E-state index is 12.6. The van der Waals surface area contributed by atoms with Gasteiger partial charge in [-0.05, 0) is 37.6 Å². The van der Waals surface area contributed by atoms with Crippen LogP contribution in [0.3, 0.4) is 0 Å². The first kappa shape index (κ1) is 17.0. The van der Waals surface area contributed by atoms with Crippen LogP contribution in [0, 0.1) is 0 Å². The second-order valence-corrected chi connectivity index (χ2v) is 7.17. The van der Waals surface area contributed by atoms with Crippen LogP contribution in [0.2, 0.25) is 0 Å². The summed E-state index contributed by atoms with van der Waals surface area (Å²) in [6, 6.07) is 4.03. The zero-order valence-electron chi connectivity index (χ0n) is 14.1. The Morgan fingerprint density at radius 2 is 2.46 bits per heavy atom. The highest BCUT2D eigenvalue weighted by atomic mass is 32.1. The average Bonchev–Trinajstić information content (AvgIpc) is 3.24. The number of hydrogen-bond acceptors (Lipinski definition) is 4. The van der Waals surface area contributed by atoms with Gasteiger partial charge in [-0.15, -0.1) is 11.3 Å². The van der Waals surface area contributed by atoms with E-state index in [0.717, 1.165) is 30.5 Å². The molecule has 1 aliphatic carbocycles. The van der Waals surface area contributed by atoms with Crippen molar-refractivity contribution in [1.29, 1.82) is 0 Å². The normalized spacial score (nSPS) is 18.0. The van der Waals surface area contributed by atoms with Gasteiger partial charge in [0.1, 0.15) is 0 Å². The minimum atomic E-state index is -0.0661. The van der Waals surface area contributed by atoms with Gasteiger partial charge in [0.2, 0.25) is 0 Å². The van der Waals surface area contributed by atoms with Crippen molar-refractivity contribution in [2.45, 2.75) is 44.8 Å². The number of urea groups is 1. The summed E-state index contributed by atoms with van der Waals surface area (Å²) >= 11 is 1.66. The van der Waals surface area contributed by atoms with Gasteiger partial charge < -0.3 is 15.3 Å². The summed E-state index contributed by atoms with van der Waals surface area (Å²) in [5, 5.41) is 18.7. The smallest absolute Gasteiger partial charge is 0.318 e. The third-order valence-corrected chi connectivity index (χ3v) is 5.77. The van der Waals surface area contributed by atoms with Crippen LogP contribution >= 0.6 is 11.3 Å². The molecule has 2 N–H and O–H groups in total. The van der Waals surface area contributed by atoms with E-state index in [0.29, 0.717) is 6.54 Å². The monoisotopic (exact) mass is 348 g/mol. The first-order chi connectivity index (χ1) is 11.6.